The second-order valence-electron chi connectivity index (χ2n) is 9.34. The van der Waals surface area contributed by atoms with Gasteiger partial charge in [-0.05, 0) is 48.6 Å². The van der Waals surface area contributed by atoms with Crippen LogP contribution in [0.5, 0.6) is 28.7 Å². The molecule has 200 valence electrons. The summed E-state index contributed by atoms with van der Waals surface area (Å²) in [5, 5.41) is 33.2. The zero-order chi connectivity index (χ0) is 27.2. The molecular weight excluding hydrogens is 480 g/mol. The fraction of sp³-hybridized carbons (Fsp3) is 0.519. The molecule has 3 rings (SSSR count). The van der Waals surface area contributed by atoms with Crippen molar-refractivity contribution >= 4 is 0 Å². The van der Waals surface area contributed by atoms with Crippen LogP contribution in [0, 0.1) is 27.4 Å². The number of methoxy groups -OCH3 is 3. The molecule has 10 nitrogen and oxygen atoms in total. The third kappa shape index (κ3) is 5.83. The van der Waals surface area contributed by atoms with Gasteiger partial charge in [0.15, 0.2) is 23.0 Å². The fourth-order valence-electron chi connectivity index (χ4n) is 4.75. The molecule has 1 aliphatic heterocycles. The number of hydrogen-bond acceptors (Lipinski definition) is 9. The maximum Gasteiger partial charge on any atom is 0.242 e. The van der Waals surface area contributed by atoms with Gasteiger partial charge in [0.05, 0.1) is 39.2 Å². The minimum atomic E-state index is -1.30. The topological polar surface area (TPSA) is 133 Å². The Balaban J connectivity index is 1.82. The minimum Gasteiger partial charge on any atom is -0.493 e. The van der Waals surface area contributed by atoms with Crippen LogP contribution >= 0.6 is 0 Å². The van der Waals surface area contributed by atoms with Gasteiger partial charge in [-0.3, -0.25) is 10.1 Å². The van der Waals surface area contributed by atoms with Crippen molar-refractivity contribution < 1.29 is 33.7 Å². The average molecular weight is 515 g/mol. The zero-order valence-electron chi connectivity index (χ0n) is 21.8. The number of rotatable bonds is 12. The van der Waals surface area contributed by atoms with Crippen LogP contribution in [0.2, 0.25) is 0 Å². The first-order chi connectivity index (χ1) is 17.7. The Morgan fingerprint density at radius 3 is 2.30 bits per heavy atom. The molecule has 4 atom stereocenters. The Morgan fingerprint density at radius 1 is 1.16 bits per heavy atom. The van der Waals surface area contributed by atoms with Gasteiger partial charge in [0, 0.05) is 4.92 Å². The summed E-state index contributed by atoms with van der Waals surface area (Å²) in [5.41, 5.74) is -0.455. The number of para-hydroxylation sites is 2. The fourth-order valence-corrected chi connectivity index (χ4v) is 4.75. The van der Waals surface area contributed by atoms with Gasteiger partial charge < -0.3 is 28.8 Å². The highest BCUT2D eigenvalue weighted by Gasteiger charge is 2.41. The molecule has 1 heterocycles. The number of hydrogen-bond donors (Lipinski definition) is 1. The van der Waals surface area contributed by atoms with Crippen LogP contribution in [0.4, 0.5) is 0 Å². The highest BCUT2D eigenvalue weighted by Crippen LogP contribution is 2.45. The van der Waals surface area contributed by atoms with Crippen LogP contribution in [0.1, 0.15) is 38.7 Å². The first-order valence-corrected chi connectivity index (χ1v) is 12.1. The summed E-state index contributed by atoms with van der Waals surface area (Å²) in [6, 6.07) is 11.7. The zero-order valence-corrected chi connectivity index (χ0v) is 21.8. The van der Waals surface area contributed by atoms with E-state index >= 15 is 0 Å². The third-order valence-electron chi connectivity index (χ3n) is 6.99. The number of ether oxygens (including phenoxy) is 5. The predicted molar refractivity (Wildman–Crippen MR) is 135 cm³/mol. The van der Waals surface area contributed by atoms with E-state index in [-0.39, 0.29) is 31.8 Å². The Morgan fingerprint density at radius 2 is 1.78 bits per heavy atom. The predicted octanol–water partition coefficient (Wildman–Crippen LogP) is 4.15. The molecule has 0 saturated heterocycles. The molecule has 0 radical (unpaired) electrons. The van der Waals surface area contributed by atoms with Gasteiger partial charge in [0.1, 0.15) is 18.8 Å². The average Bonchev–Trinajstić information content (AvgIpc) is 2.90. The number of fused-ring (bicyclic) bond motifs is 1. The lowest BCUT2D eigenvalue weighted by Crippen LogP contribution is -2.42. The van der Waals surface area contributed by atoms with E-state index in [0.29, 0.717) is 34.3 Å². The van der Waals surface area contributed by atoms with Gasteiger partial charge in [-0.1, -0.05) is 26.0 Å². The van der Waals surface area contributed by atoms with E-state index in [1.807, 2.05) is 19.9 Å². The van der Waals surface area contributed by atoms with Crippen LogP contribution in [-0.4, -0.2) is 56.2 Å². The molecule has 2 aromatic carbocycles. The van der Waals surface area contributed by atoms with Gasteiger partial charge in [0.2, 0.25) is 11.8 Å². The van der Waals surface area contributed by atoms with E-state index < -0.39 is 28.6 Å². The summed E-state index contributed by atoms with van der Waals surface area (Å²) in [6.07, 6.45) is -1.72. The number of aliphatic hydroxyl groups is 1. The Labute approximate surface area is 216 Å². The molecule has 0 spiro atoms. The number of nitro groups is 1. The maximum atomic E-state index is 11.9. The summed E-state index contributed by atoms with van der Waals surface area (Å²) in [7, 11) is 4.48. The second kappa shape index (κ2) is 12.0. The van der Waals surface area contributed by atoms with Crippen molar-refractivity contribution in [2.45, 2.75) is 56.8 Å². The first-order valence-electron chi connectivity index (χ1n) is 12.1. The Hall–Kier alpha value is -3.71. The molecule has 1 N–H and O–H groups in total. The van der Waals surface area contributed by atoms with Gasteiger partial charge in [-0.2, -0.15) is 5.26 Å². The first kappa shape index (κ1) is 27.9. The molecule has 0 saturated carbocycles. The van der Waals surface area contributed by atoms with Crippen molar-refractivity contribution in [1.82, 2.24) is 0 Å². The van der Waals surface area contributed by atoms with E-state index in [4.69, 9.17) is 23.7 Å². The summed E-state index contributed by atoms with van der Waals surface area (Å²) >= 11 is 0. The molecule has 1 aliphatic rings. The van der Waals surface area contributed by atoms with E-state index in [1.54, 1.807) is 30.3 Å². The van der Waals surface area contributed by atoms with Gasteiger partial charge in [0.25, 0.3) is 0 Å². The molecule has 0 amide bonds. The standard InChI is InChI=1S/C27H34N2O8/c1-17(2)27(16-28,18-12-24(33-3)26(35-5)25(13-18)34-4)11-10-21(30)20(29(31)32)14-19-15-36-22-8-6-7-9-23(22)37-19/h6-9,12-13,17,19-21,30H,10-11,14-15H2,1-5H3. The normalized spacial score (nSPS) is 17.7. The van der Waals surface area contributed by atoms with Crippen LogP contribution < -0.4 is 23.7 Å². The number of benzene rings is 2. The number of aliphatic hydroxyl groups excluding tert-OH is 1. The smallest absolute Gasteiger partial charge is 0.242 e. The van der Waals surface area contributed by atoms with Crippen molar-refractivity contribution in [1.29, 1.82) is 5.26 Å². The largest absolute Gasteiger partial charge is 0.493 e. The number of nitriles is 1. The van der Waals surface area contributed by atoms with E-state index in [1.165, 1.54) is 21.3 Å². The molecule has 0 fully saturated rings. The van der Waals surface area contributed by atoms with Crippen molar-refractivity contribution in [3.05, 3.63) is 52.1 Å². The monoisotopic (exact) mass is 514 g/mol. The van der Waals surface area contributed by atoms with Crippen molar-refractivity contribution in [3.8, 4) is 34.8 Å². The number of nitrogens with zero attached hydrogens (tertiary/aromatic N) is 2. The maximum absolute atomic E-state index is 11.9. The highest BCUT2D eigenvalue weighted by molar-refractivity contribution is 5.56. The van der Waals surface area contributed by atoms with Crippen molar-refractivity contribution in [2.24, 2.45) is 5.92 Å². The molecular formula is C27H34N2O8. The van der Waals surface area contributed by atoms with Crippen molar-refractivity contribution in [2.75, 3.05) is 27.9 Å². The lowest BCUT2D eigenvalue weighted by molar-refractivity contribution is -0.537. The van der Waals surface area contributed by atoms with E-state index in [9.17, 15) is 20.5 Å². The molecule has 0 aliphatic carbocycles. The molecule has 2 aromatic rings. The quantitative estimate of drug-likeness (QED) is 0.327. The van der Waals surface area contributed by atoms with Gasteiger partial charge >= 0.3 is 0 Å². The molecule has 0 bridgehead atoms. The van der Waals surface area contributed by atoms with E-state index in [0.717, 1.165) is 0 Å². The van der Waals surface area contributed by atoms with Crippen LogP contribution in [0.15, 0.2) is 36.4 Å². The van der Waals surface area contributed by atoms with E-state index in [2.05, 4.69) is 6.07 Å². The molecule has 37 heavy (non-hydrogen) atoms. The minimum absolute atomic E-state index is 0.0260. The highest BCUT2D eigenvalue weighted by atomic mass is 16.6. The molecule has 0 aromatic heterocycles. The second-order valence-corrected chi connectivity index (χ2v) is 9.34. The lowest BCUT2D eigenvalue weighted by atomic mass is 9.69. The Bertz CT molecular complexity index is 1110. The Kier molecular flexibility index (Phi) is 9.05. The third-order valence-corrected chi connectivity index (χ3v) is 6.99. The summed E-state index contributed by atoms with van der Waals surface area (Å²) in [4.78, 5) is 11.4. The van der Waals surface area contributed by atoms with Gasteiger partial charge in [-0.25, -0.2) is 0 Å². The van der Waals surface area contributed by atoms with Crippen LogP contribution in [0.25, 0.3) is 0 Å². The summed E-state index contributed by atoms with van der Waals surface area (Å²) in [6.45, 7) is 3.94. The van der Waals surface area contributed by atoms with Gasteiger partial charge in [-0.15, -0.1) is 0 Å². The molecule has 4 unspecified atom stereocenters. The molecule has 10 heteroatoms. The van der Waals surface area contributed by atoms with Crippen LogP contribution in [0.3, 0.4) is 0 Å². The van der Waals surface area contributed by atoms with Crippen LogP contribution in [-0.2, 0) is 5.41 Å². The van der Waals surface area contributed by atoms with Crippen molar-refractivity contribution in [3.63, 3.8) is 0 Å². The summed E-state index contributed by atoms with van der Waals surface area (Å²) in [5.74, 6) is 2.10. The lowest BCUT2D eigenvalue weighted by Gasteiger charge is -2.33. The SMILES string of the molecule is COc1cc(C(C#N)(CCC(O)C(CC2COc3ccccc3O2)[N+](=O)[O-])C(C)C)cc(OC)c1OC. The summed E-state index contributed by atoms with van der Waals surface area (Å²) < 4.78 is 27.9.